The third-order valence-electron chi connectivity index (χ3n) is 3.30. The summed E-state index contributed by atoms with van der Waals surface area (Å²) in [5.41, 5.74) is 2.33. The molecule has 0 aliphatic carbocycles. The van der Waals surface area contributed by atoms with Gasteiger partial charge in [-0.2, -0.15) is 0 Å². The topological polar surface area (TPSA) is 93.7 Å². The lowest BCUT2D eigenvalue weighted by Crippen LogP contribution is -2.21. The number of hydrogen-bond acceptors (Lipinski definition) is 5. The SMILES string of the molecule is COCc1ccc(C(=O)OCC(=O)Nc2cccc(NC(C)=O)c2)cc1. The number of hydrogen-bond donors (Lipinski definition) is 2. The summed E-state index contributed by atoms with van der Waals surface area (Å²) in [6, 6.07) is 13.4. The summed E-state index contributed by atoms with van der Waals surface area (Å²) in [6.07, 6.45) is 0. The molecule has 7 heteroatoms. The molecule has 0 aliphatic heterocycles. The van der Waals surface area contributed by atoms with Gasteiger partial charge in [-0.25, -0.2) is 4.79 Å². The fourth-order valence-corrected chi connectivity index (χ4v) is 2.19. The van der Waals surface area contributed by atoms with Crippen molar-refractivity contribution < 1.29 is 23.9 Å². The molecular formula is C19H20N2O5. The van der Waals surface area contributed by atoms with Crippen LogP contribution in [-0.4, -0.2) is 31.5 Å². The molecular weight excluding hydrogens is 336 g/mol. The van der Waals surface area contributed by atoms with Crippen LogP contribution in [-0.2, 0) is 25.7 Å². The van der Waals surface area contributed by atoms with Gasteiger partial charge in [0.15, 0.2) is 6.61 Å². The lowest BCUT2D eigenvalue weighted by Gasteiger charge is -2.09. The smallest absolute Gasteiger partial charge is 0.338 e. The number of carbonyl (C=O) groups excluding carboxylic acids is 3. The first-order valence-corrected chi connectivity index (χ1v) is 7.90. The van der Waals surface area contributed by atoms with Crippen LogP contribution in [0.4, 0.5) is 11.4 Å². The predicted molar refractivity (Wildman–Crippen MR) is 96.8 cm³/mol. The number of rotatable bonds is 7. The second-order valence-electron chi connectivity index (χ2n) is 5.52. The summed E-state index contributed by atoms with van der Waals surface area (Å²) < 4.78 is 10.0. The van der Waals surface area contributed by atoms with E-state index in [4.69, 9.17) is 9.47 Å². The second-order valence-corrected chi connectivity index (χ2v) is 5.52. The summed E-state index contributed by atoms with van der Waals surface area (Å²) >= 11 is 0. The number of nitrogens with one attached hydrogen (secondary N) is 2. The van der Waals surface area contributed by atoms with Crippen molar-refractivity contribution in [1.29, 1.82) is 0 Å². The monoisotopic (exact) mass is 356 g/mol. The molecule has 0 saturated heterocycles. The molecule has 2 aromatic rings. The Balaban J connectivity index is 1.86. The van der Waals surface area contributed by atoms with Crippen molar-refractivity contribution in [3.05, 3.63) is 59.7 Å². The molecule has 0 aliphatic rings. The van der Waals surface area contributed by atoms with Gasteiger partial charge in [-0.15, -0.1) is 0 Å². The van der Waals surface area contributed by atoms with Gasteiger partial charge in [0, 0.05) is 25.4 Å². The van der Waals surface area contributed by atoms with Crippen molar-refractivity contribution in [3.8, 4) is 0 Å². The van der Waals surface area contributed by atoms with Gasteiger partial charge in [-0.3, -0.25) is 9.59 Å². The second kappa shape index (κ2) is 9.33. The average molecular weight is 356 g/mol. The van der Waals surface area contributed by atoms with Gasteiger partial charge >= 0.3 is 5.97 Å². The Bertz CT molecular complexity index is 787. The Hall–Kier alpha value is -3.19. The van der Waals surface area contributed by atoms with Crippen molar-refractivity contribution in [3.63, 3.8) is 0 Å². The molecule has 0 unspecified atom stereocenters. The van der Waals surface area contributed by atoms with E-state index < -0.39 is 18.5 Å². The van der Waals surface area contributed by atoms with Gasteiger partial charge in [0.1, 0.15) is 0 Å². The maximum Gasteiger partial charge on any atom is 0.338 e. The lowest BCUT2D eigenvalue weighted by atomic mass is 10.1. The average Bonchev–Trinajstić information content (AvgIpc) is 2.60. The fourth-order valence-electron chi connectivity index (χ4n) is 2.19. The molecule has 0 radical (unpaired) electrons. The third-order valence-corrected chi connectivity index (χ3v) is 3.30. The molecule has 0 heterocycles. The number of benzene rings is 2. The number of ether oxygens (including phenoxy) is 2. The molecule has 0 saturated carbocycles. The van der Waals surface area contributed by atoms with E-state index in [-0.39, 0.29) is 5.91 Å². The van der Waals surface area contributed by atoms with E-state index in [9.17, 15) is 14.4 Å². The highest BCUT2D eigenvalue weighted by molar-refractivity contribution is 5.96. The quantitative estimate of drug-likeness (QED) is 0.744. The standard InChI is InChI=1S/C19H20N2O5/c1-13(22)20-16-4-3-5-17(10-16)21-18(23)12-26-19(24)15-8-6-14(7-9-15)11-25-2/h3-10H,11-12H2,1-2H3,(H,20,22)(H,21,23). The summed E-state index contributed by atoms with van der Waals surface area (Å²) in [5, 5.41) is 5.22. The zero-order chi connectivity index (χ0) is 18.9. The molecule has 0 atom stereocenters. The predicted octanol–water partition coefficient (Wildman–Crippen LogP) is 2.59. The molecule has 2 amide bonds. The van der Waals surface area contributed by atoms with Crippen LogP contribution in [0.5, 0.6) is 0 Å². The summed E-state index contributed by atoms with van der Waals surface area (Å²) in [6.45, 7) is 1.44. The van der Waals surface area contributed by atoms with Gasteiger partial charge in [-0.05, 0) is 35.9 Å². The zero-order valence-electron chi connectivity index (χ0n) is 14.6. The molecule has 136 valence electrons. The van der Waals surface area contributed by atoms with E-state index >= 15 is 0 Å². The lowest BCUT2D eigenvalue weighted by molar-refractivity contribution is -0.119. The molecule has 0 fully saturated rings. The molecule has 0 bridgehead atoms. The summed E-state index contributed by atoms with van der Waals surface area (Å²) in [5.74, 6) is -1.27. The molecule has 26 heavy (non-hydrogen) atoms. The summed E-state index contributed by atoms with van der Waals surface area (Å²) in [4.78, 5) is 34.9. The molecule has 2 aromatic carbocycles. The highest BCUT2D eigenvalue weighted by Crippen LogP contribution is 2.15. The number of carbonyl (C=O) groups is 3. The zero-order valence-corrected chi connectivity index (χ0v) is 14.6. The number of anilines is 2. The minimum atomic E-state index is -0.587. The Kier molecular flexibility index (Phi) is 6.87. The van der Waals surface area contributed by atoms with Crippen molar-refractivity contribution in [1.82, 2.24) is 0 Å². The Morgan fingerprint density at radius 1 is 0.962 bits per heavy atom. The third kappa shape index (κ3) is 6.03. The van der Waals surface area contributed by atoms with E-state index in [1.54, 1.807) is 55.6 Å². The first-order valence-electron chi connectivity index (χ1n) is 7.90. The first-order chi connectivity index (χ1) is 12.5. The molecule has 2 N–H and O–H groups in total. The van der Waals surface area contributed by atoms with Crippen LogP contribution < -0.4 is 10.6 Å². The minimum absolute atomic E-state index is 0.209. The maximum atomic E-state index is 12.0. The van der Waals surface area contributed by atoms with Crippen LogP contribution in [0.3, 0.4) is 0 Å². The van der Waals surface area contributed by atoms with Crippen molar-refractivity contribution in [2.45, 2.75) is 13.5 Å². The van der Waals surface area contributed by atoms with Gasteiger partial charge in [0.05, 0.1) is 12.2 Å². The Morgan fingerprint density at radius 3 is 2.23 bits per heavy atom. The van der Waals surface area contributed by atoms with Crippen LogP contribution in [0.25, 0.3) is 0 Å². The largest absolute Gasteiger partial charge is 0.452 e. The molecule has 2 rings (SSSR count). The van der Waals surface area contributed by atoms with Crippen molar-refractivity contribution in [2.75, 3.05) is 24.4 Å². The van der Waals surface area contributed by atoms with E-state index in [0.29, 0.717) is 23.5 Å². The number of esters is 1. The Labute approximate surface area is 151 Å². The highest BCUT2D eigenvalue weighted by atomic mass is 16.5. The maximum absolute atomic E-state index is 12.0. The molecule has 0 aromatic heterocycles. The van der Waals surface area contributed by atoms with E-state index in [1.807, 2.05) is 0 Å². The number of methoxy groups -OCH3 is 1. The number of amides is 2. The Morgan fingerprint density at radius 2 is 1.62 bits per heavy atom. The fraction of sp³-hybridized carbons (Fsp3) is 0.211. The van der Waals surface area contributed by atoms with E-state index in [2.05, 4.69) is 10.6 Å². The summed E-state index contributed by atoms with van der Waals surface area (Å²) in [7, 11) is 1.59. The van der Waals surface area contributed by atoms with Gasteiger partial charge < -0.3 is 20.1 Å². The van der Waals surface area contributed by atoms with Crippen LogP contribution in [0.15, 0.2) is 48.5 Å². The molecule has 7 nitrogen and oxygen atoms in total. The van der Waals surface area contributed by atoms with Gasteiger partial charge in [0.2, 0.25) is 5.91 Å². The van der Waals surface area contributed by atoms with Gasteiger partial charge in [0.25, 0.3) is 5.91 Å². The van der Waals surface area contributed by atoms with Gasteiger partial charge in [-0.1, -0.05) is 18.2 Å². The van der Waals surface area contributed by atoms with Crippen molar-refractivity contribution in [2.24, 2.45) is 0 Å². The van der Waals surface area contributed by atoms with Crippen LogP contribution >= 0.6 is 0 Å². The highest BCUT2D eigenvalue weighted by Gasteiger charge is 2.11. The van der Waals surface area contributed by atoms with E-state index in [0.717, 1.165) is 5.56 Å². The van der Waals surface area contributed by atoms with Crippen LogP contribution in [0.1, 0.15) is 22.8 Å². The van der Waals surface area contributed by atoms with Crippen molar-refractivity contribution >= 4 is 29.2 Å². The van der Waals surface area contributed by atoms with E-state index in [1.165, 1.54) is 6.92 Å². The minimum Gasteiger partial charge on any atom is -0.452 e. The van der Waals surface area contributed by atoms with Crippen LogP contribution in [0.2, 0.25) is 0 Å². The van der Waals surface area contributed by atoms with Crippen LogP contribution in [0, 0.1) is 0 Å². The first kappa shape index (κ1) is 19.1. The molecule has 0 spiro atoms. The normalized spacial score (nSPS) is 10.1.